The largest absolute Gasteiger partial charge is 0.478 e. The quantitative estimate of drug-likeness (QED) is 0.866. The molecule has 0 aliphatic rings. The van der Waals surface area contributed by atoms with E-state index in [1.54, 1.807) is 30.5 Å². The average Bonchev–Trinajstić information content (AvgIpc) is 2.30. The number of nitrogens with zero attached hydrogens (tertiary/aromatic N) is 2. The Balaban J connectivity index is 2.40. The highest BCUT2D eigenvalue weighted by Crippen LogP contribution is 2.32. The Morgan fingerprint density at radius 3 is 2.82 bits per heavy atom. The van der Waals surface area contributed by atoms with Gasteiger partial charge in [0.2, 0.25) is 0 Å². The molecule has 0 unspecified atom stereocenters. The standard InChI is InChI=1S/C11H7ClN2O2S/c12-7-2-1-3-8(10(7)11(15)16)17-9-4-5-13-6-14-9/h1-6H,(H,15,16). The molecule has 1 N–H and O–H groups in total. The first-order chi connectivity index (χ1) is 8.18. The number of carboxylic acid groups (broad SMARTS) is 1. The van der Waals surface area contributed by atoms with E-state index in [-0.39, 0.29) is 10.6 Å². The van der Waals surface area contributed by atoms with E-state index >= 15 is 0 Å². The van der Waals surface area contributed by atoms with E-state index in [4.69, 9.17) is 16.7 Å². The molecular formula is C11H7ClN2O2S. The van der Waals surface area contributed by atoms with Crippen LogP contribution in [-0.4, -0.2) is 21.0 Å². The molecule has 1 aromatic carbocycles. The van der Waals surface area contributed by atoms with Crippen LogP contribution < -0.4 is 0 Å². The fourth-order valence-electron chi connectivity index (χ4n) is 1.25. The average molecular weight is 267 g/mol. The molecule has 0 aliphatic carbocycles. The molecule has 2 aromatic rings. The number of hydrogen-bond acceptors (Lipinski definition) is 4. The Bertz CT molecular complexity index is 548. The Morgan fingerprint density at radius 1 is 1.35 bits per heavy atom. The number of aromatic nitrogens is 2. The Morgan fingerprint density at radius 2 is 2.18 bits per heavy atom. The summed E-state index contributed by atoms with van der Waals surface area (Å²) in [6, 6.07) is 6.66. The number of carbonyl (C=O) groups is 1. The fourth-order valence-corrected chi connectivity index (χ4v) is 2.46. The molecule has 2 rings (SSSR count). The van der Waals surface area contributed by atoms with Crippen molar-refractivity contribution in [1.29, 1.82) is 0 Å². The second kappa shape index (κ2) is 5.16. The molecule has 0 atom stereocenters. The summed E-state index contributed by atoms with van der Waals surface area (Å²) in [7, 11) is 0. The smallest absolute Gasteiger partial charge is 0.338 e. The third-order valence-corrected chi connectivity index (χ3v) is 3.28. The number of benzene rings is 1. The summed E-state index contributed by atoms with van der Waals surface area (Å²) in [6.45, 7) is 0. The molecule has 1 aromatic heterocycles. The third kappa shape index (κ3) is 2.75. The van der Waals surface area contributed by atoms with Crippen LogP contribution in [0.4, 0.5) is 0 Å². The maximum Gasteiger partial charge on any atom is 0.338 e. The normalized spacial score (nSPS) is 10.2. The molecule has 4 nitrogen and oxygen atoms in total. The van der Waals surface area contributed by atoms with Gasteiger partial charge in [-0.05, 0) is 18.2 Å². The summed E-state index contributed by atoms with van der Waals surface area (Å²) in [5.41, 5.74) is 0.0952. The van der Waals surface area contributed by atoms with E-state index < -0.39 is 5.97 Å². The van der Waals surface area contributed by atoms with Gasteiger partial charge in [0.25, 0.3) is 0 Å². The second-order valence-corrected chi connectivity index (χ2v) is 4.54. The van der Waals surface area contributed by atoms with Gasteiger partial charge in [-0.2, -0.15) is 0 Å². The molecular weight excluding hydrogens is 260 g/mol. The van der Waals surface area contributed by atoms with E-state index in [1.807, 2.05) is 0 Å². The number of carboxylic acids is 1. The molecule has 1 heterocycles. The zero-order valence-corrected chi connectivity index (χ0v) is 10.1. The van der Waals surface area contributed by atoms with E-state index in [2.05, 4.69) is 9.97 Å². The second-order valence-electron chi connectivity index (χ2n) is 3.07. The molecule has 0 aliphatic heterocycles. The lowest BCUT2D eigenvalue weighted by Crippen LogP contribution is -2.00. The van der Waals surface area contributed by atoms with Gasteiger partial charge >= 0.3 is 5.97 Å². The van der Waals surface area contributed by atoms with Gasteiger partial charge in [0, 0.05) is 11.1 Å². The summed E-state index contributed by atoms with van der Waals surface area (Å²) in [5.74, 6) is -1.05. The van der Waals surface area contributed by atoms with E-state index in [1.165, 1.54) is 18.1 Å². The molecule has 86 valence electrons. The van der Waals surface area contributed by atoms with Crippen molar-refractivity contribution in [3.8, 4) is 0 Å². The van der Waals surface area contributed by atoms with E-state index in [0.717, 1.165) is 0 Å². The van der Waals surface area contributed by atoms with Crippen LogP contribution in [0.3, 0.4) is 0 Å². The molecule has 0 bridgehead atoms. The molecule has 0 radical (unpaired) electrons. The topological polar surface area (TPSA) is 63.1 Å². The van der Waals surface area contributed by atoms with Crippen molar-refractivity contribution in [1.82, 2.24) is 9.97 Å². The van der Waals surface area contributed by atoms with Crippen molar-refractivity contribution in [2.75, 3.05) is 0 Å². The van der Waals surface area contributed by atoms with Crippen LogP contribution in [0.2, 0.25) is 5.02 Å². The van der Waals surface area contributed by atoms with Crippen molar-refractivity contribution >= 4 is 29.3 Å². The Labute approximate surface area is 107 Å². The highest BCUT2D eigenvalue weighted by atomic mass is 35.5. The van der Waals surface area contributed by atoms with E-state index in [0.29, 0.717) is 9.92 Å². The summed E-state index contributed by atoms with van der Waals surface area (Å²) >= 11 is 7.10. The zero-order valence-electron chi connectivity index (χ0n) is 8.50. The van der Waals surface area contributed by atoms with Crippen LogP contribution in [-0.2, 0) is 0 Å². The lowest BCUT2D eigenvalue weighted by Gasteiger charge is -2.06. The summed E-state index contributed by atoms with van der Waals surface area (Å²) in [4.78, 5) is 19.5. The highest BCUT2D eigenvalue weighted by Gasteiger charge is 2.15. The minimum atomic E-state index is -1.05. The predicted molar refractivity (Wildman–Crippen MR) is 64.6 cm³/mol. The van der Waals surface area contributed by atoms with E-state index in [9.17, 15) is 4.79 Å². The molecule has 0 saturated carbocycles. The SMILES string of the molecule is O=C(O)c1c(Cl)cccc1Sc1ccncn1. The van der Waals surface area contributed by atoms with Gasteiger partial charge in [0.1, 0.15) is 11.4 Å². The molecule has 0 fully saturated rings. The molecule has 17 heavy (non-hydrogen) atoms. The minimum Gasteiger partial charge on any atom is -0.478 e. The zero-order chi connectivity index (χ0) is 12.3. The van der Waals surface area contributed by atoms with Crippen LogP contribution >= 0.6 is 23.4 Å². The monoisotopic (exact) mass is 266 g/mol. The Hall–Kier alpha value is -1.59. The molecule has 0 amide bonds. The maximum absolute atomic E-state index is 11.1. The van der Waals surface area contributed by atoms with Crippen LogP contribution in [0.5, 0.6) is 0 Å². The van der Waals surface area contributed by atoms with Crippen LogP contribution in [0, 0.1) is 0 Å². The first-order valence-electron chi connectivity index (χ1n) is 4.64. The van der Waals surface area contributed by atoms with Gasteiger partial charge in [-0.15, -0.1) is 0 Å². The van der Waals surface area contributed by atoms with Crippen molar-refractivity contribution in [2.24, 2.45) is 0 Å². The van der Waals surface area contributed by atoms with Gasteiger partial charge in [-0.1, -0.05) is 29.4 Å². The van der Waals surface area contributed by atoms with Crippen LogP contribution in [0.25, 0.3) is 0 Å². The summed E-state index contributed by atoms with van der Waals surface area (Å²) in [5, 5.41) is 9.98. The summed E-state index contributed by atoms with van der Waals surface area (Å²) < 4.78 is 0. The molecule has 0 saturated heterocycles. The van der Waals surface area contributed by atoms with Crippen molar-refractivity contribution in [3.63, 3.8) is 0 Å². The van der Waals surface area contributed by atoms with Crippen molar-refractivity contribution < 1.29 is 9.90 Å². The van der Waals surface area contributed by atoms with Gasteiger partial charge < -0.3 is 5.11 Å². The highest BCUT2D eigenvalue weighted by molar-refractivity contribution is 7.99. The summed E-state index contributed by atoms with van der Waals surface area (Å²) in [6.07, 6.45) is 3.01. The van der Waals surface area contributed by atoms with Crippen molar-refractivity contribution in [2.45, 2.75) is 9.92 Å². The third-order valence-electron chi connectivity index (χ3n) is 1.96. The van der Waals surface area contributed by atoms with Gasteiger partial charge in [-0.3, -0.25) is 0 Å². The first-order valence-corrected chi connectivity index (χ1v) is 5.83. The lowest BCUT2D eigenvalue weighted by molar-refractivity contribution is 0.0693. The molecule has 6 heteroatoms. The minimum absolute atomic E-state index is 0.0952. The predicted octanol–water partition coefficient (Wildman–Crippen LogP) is 2.98. The first kappa shape index (κ1) is 11.9. The van der Waals surface area contributed by atoms with Crippen LogP contribution in [0.1, 0.15) is 10.4 Å². The lowest BCUT2D eigenvalue weighted by atomic mass is 10.2. The van der Waals surface area contributed by atoms with Gasteiger partial charge in [0.05, 0.1) is 10.6 Å². The Kier molecular flexibility index (Phi) is 3.61. The number of halogens is 1. The van der Waals surface area contributed by atoms with Gasteiger partial charge in [0.15, 0.2) is 0 Å². The molecule has 0 spiro atoms. The number of aromatic carboxylic acids is 1. The van der Waals surface area contributed by atoms with Crippen LogP contribution in [0.15, 0.2) is 46.7 Å². The number of rotatable bonds is 3. The van der Waals surface area contributed by atoms with Crippen molar-refractivity contribution in [3.05, 3.63) is 47.4 Å². The number of hydrogen-bond donors (Lipinski definition) is 1. The van der Waals surface area contributed by atoms with Gasteiger partial charge in [-0.25, -0.2) is 14.8 Å². The fraction of sp³-hybridized carbons (Fsp3) is 0. The maximum atomic E-state index is 11.1.